The highest BCUT2D eigenvalue weighted by molar-refractivity contribution is 6.90. The lowest BCUT2D eigenvalue weighted by atomic mass is 10.1. The van der Waals surface area contributed by atoms with Crippen LogP contribution in [-0.2, 0) is 16.9 Å². The smallest absolute Gasteiger partial charge is 0.256 e. The predicted molar refractivity (Wildman–Crippen MR) is 138 cm³/mol. The zero-order valence-electron chi connectivity index (χ0n) is 21.7. The van der Waals surface area contributed by atoms with Crippen LogP contribution in [0.15, 0.2) is 24.4 Å². The lowest BCUT2D eigenvalue weighted by molar-refractivity contribution is 0.0182. The molecule has 1 aliphatic rings. The molecular weight excluding hydrogens is 426 g/mol. The highest BCUT2D eigenvalue weighted by Gasteiger charge is 2.41. The summed E-state index contributed by atoms with van der Waals surface area (Å²) in [6.07, 6.45) is 1.90. The van der Waals surface area contributed by atoms with Crippen LogP contribution in [0.5, 0.6) is 0 Å². The van der Waals surface area contributed by atoms with Gasteiger partial charge in [-0.2, -0.15) is 0 Å². The summed E-state index contributed by atoms with van der Waals surface area (Å²) in [6, 6.07) is 5.76. The Morgan fingerprint density at radius 2 is 1.79 bits per heavy atom. The van der Waals surface area contributed by atoms with Crippen molar-refractivity contribution < 1.29 is 9.53 Å². The number of hydrogen-bond donors (Lipinski definition) is 1. The van der Waals surface area contributed by atoms with Crippen molar-refractivity contribution in [2.45, 2.75) is 91.1 Å². The summed E-state index contributed by atoms with van der Waals surface area (Å²) in [5, 5.41) is 2.96. The van der Waals surface area contributed by atoms with E-state index in [2.05, 4.69) is 88.6 Å². The van der Waals surface area contributed by atoms with Gasteiger partial charge in [0.05, 0.1) is 12.1 Å². The first-order valence-electron chi connectivity index (χ1n) is 12.0. The normalized spacial score (nSPS) is 15.4. The highest BCUT2D eigenvalue weighted by Crippen LogP contribution is 2.40. The van der Waals surface area contributed by atoms with Crippen LogP contribution in [0.4, 0.5) is 5.82 Å². The van der Waals surface area contributed by atoms with E-state index in [1.807, 2.05) is 24.4 Å². The average molecular weight is 466 g/mol. The second kappa shape index (κ2) is 9.48. The molecule has 5 nitrogen and oxygen atoms in total. The van der Waals surface area contributed by atoms with Gasteiger partial charge in [0, 0.05) is 17.3 Å². The Labute approximate surface area is 200 Å². The van der Waals surface area contributed by atoms with E-state index in [4.69, 9.17) is 4.74 Å². The largest absolute Gasteiger partial charge is 0.371 e. The number of benzene rings is 1. The Morgan fingerprint density at radius 1 is 1.15 bits per heavy atom. The molecule has 0 aliphatic carbocycles. The summed E-state index contributed by atoms with van der Waals surface area (Å²) in [5.74, 6) is 4.71. The number of imidazole rings is 1. The van der Waals surface area contributed by atoms with E-state index in [1.54, 1.807) is 0 Å². The Bertz CT molecular complexity index is 1060. The van der Waals surface area contributed by atoms with Gasteiger partial charge in [-0.1, -0.05) is 53.5 Å². The molecule has 0 saturated heterocycles. The molecule has 0 fully saturated rings. The van der Waals surface area contributed by atoms with Crippen molar-refractivity contribution in [3.63, 3.8) is 0 Å². The van der Waals surface area contributed by atoms with Gasteiger partial charge in [-0.05, 0) is 55.1 Å². The third-order valence-electron chi connectivity index (χ3n) is 7.14. The number of rotatable bonds is 5. The van der Waals surface area contributed by atoms with Gasteiger partial charge in [-0.3, -0.25) is 4.79 Å². The minimum atomic E-state index is -1.84. The predicted octanol–water partition coefficient (Wildman–Crippen LogP) is 6.28. The first-order valence-corrected chi connectivity index (χ1v) is 14.2. The first-order chi connectivity index (χ1) is 15.4. The van der Waals surface area contributed by atoms with E-state index in [-0.39, 0.29) is 11.4 Å². The maximum atomic E-state index is 13.0. The van der Waals surface area contributed by atoms with E-state index in [0.29, 0.717) is 41.2 Å². The van der Waals surface area contributed by atoms with Gasteiger partial charge < -0.3 is 14.6 Å². The molecular formula is C27H39N3O2Si. The molecule has 1 aromatic carbocycles. The van der Waals surface area contributed by atoms with Crippen LogP contribution in [0.25, 0.3) is 0 Å². The van der Waals surface area contributed by atoms with Gasteiger partial charge >= 0.3 is 0 Å². The first kappa shape index (κ1) is 25.3. The van der Waals surface area contributed by atoms with Crippen LogP contribution in [0.3, 0.4) is 0 Å². The molecule has 1 aromatic heterocycles. The Balaban J connectivity index is 1.89. The van der Waals surface area contributed by atoms with Gasteiger partial charge in [0.1, 0.15) is 20.5 Å². The molecule has 0 radical (unpaired) electrons. The van der Waals surface area contributed by atoms with Crippen LogP contribution < -0.4 is 5.32 Å². The van der Waals surface area contributed by atoms with E-state index < -0.39 is 8.07 Å². The average Bonchev–Trinajstić information content (AvgIpc) is 3.12. The van der Waals surface area contributed by atoms with Crippen LogP contribution in [0.1, 0.15) is 82.7 Å². The molecule has 6 heteroatoms. The summed E-state index contributed by atoms with van der Waals surface area (Å²) < 4.78 is 7.73. The summed E-state index contributed by atoms with van der Waals surface area (Å²) in [6.45, 7) is 21.2. The van der Waals surface area contributed by atoms with Crippen molar-refractivity contribution >= 4 is 19.8 Å². The maximum Gasteiger partial charge on any atom is 0.256 e. The molecule has 3 rings (SSSR count). The molecule has 1 N–H and O–H groups in total. The minimum Gasteiger partial charge on any atom is -0.371 e. The van der Waals surface area contributed by atoms with E-state index in [0.717, 1.165) is 17.0 Å². The number of fused-ring (bicyclic) bond motifs is 1. The SMILES string of the molecule is Cc1ccc(C(=O)Nc2cn3c(n2)COCC3(C)C)cc1C#C[Si](C(C)C)(C(C)C)C(C)C. The number of nitrogens with one attached hydrogen (secondary N) is 1. The fourth-order valence-electron chi connectivity index (χ4n) is 5.26. The van der Waals surface area contributed by atoms with Gasteiger partial charge in [-0.25, -0.2) is 4.98 Å². The number of anilines is 1. The van der Waals surface area contributed by atoms with Gasteiger partial charge in [0.15, 0.2) is 5.82 Å². The zero-order chi connectivity index (χ0) is 24.6. The van der Waals surface area contributed by atoms with Gasteiger partial charge in [-0.15, -0.1) is 5.54 Å². The molecule has 178 valence electrons. The Hall–Kier alpha value is -2.36. The second-order valence-electron chi connectivity index (χ2n) is 10.8. The summed E-state index contributed by atoms with van der Waals surface area (Å²) in [7, 11) is -1.84. The molecule has 33 heavy (non-hydrogen) atoms. The molecule has 2 heterocycles. The van der Waals surface area contributed by atoms with Gasteiger partial charge in [0.2, 0.25) is 0 Å². The lowest BCUT2D eigenvalue weighted by Gasteiger charge is -2.38. The number of nitrogens with zero attached hydrogens (tertiary/aromatic N) is 2. The molecule has 1 aliphatic heterocycles. The molecule has 0 spiro atoms. The van der Waals surface area contributed by atoms with E-state index >= 15 is 0 Å². The maximum absolute atomic E-state index is 13.0. The van der Waals surface area contributed by atoms with E-state index in [1.165, 1.54) is 0 Å². The fraction of sp³-hybridized carbons (Fsp3) is 0.556. The molecule has 1 amide bonds. The van der Waals surface area contributed by atoms with Crippen molar-refractivity contribution in [1.82, 2.24) is 9.55 Å². The zero-order valence-corrected chi connectivity index (χ0v) is 22.7. The van der Waals surface area contributed by atoms with Crippen molar-refractivity contribution in [3.05, 3.63) is 46.9 Å². The minimum absolute atomic E-state index is 0.174. The monoisotopic (exact) mass is 465 g/mol. The van der Waals surface area contributed by atoms with Crippen molar-refractivity contribution in [3.8, 4) is 11.5 Å². The van der Waals surface area contributed by atoms with Gasteiger partial charge in [0.25, 0.3) is 5.91 Å². The summed E-state index contributed by atoms with van der Waals surface area (Å²) in [4.78, 5) is 17.6. The Kier molecular flexibility index (Phi) is 7.26. The number of carbonyl (C=O) groups excluding carboxylic acids is 1. The quantitative estimate of drug-likeness (QED) is 0.418. The van der Waals surface area contributed by atoms with Crippen molar-refractivity contribution in [2.24, 2.45) is 0 Å². The topological polar surface area (TPSA) is 56.2 Å². The van der Waals surface area contributed by atoms with Crippen molar-refractivity contribution in [1.29, 1.82) is 0 Å². The number of aryl methyl sites for hydroxylation is 1. The number of carbonyl (C=O) groups is 1. The molecule has 2 aromatic rings. The molecule has 0 bridgehead atoms. The second-order valence-corrected chi connectivity index (χ2v) is 16.4. The van der Waals surface area contributed by atoms with Crippen LogP contribution in [-0.4, -0.2) is 30.1 Å². The van der Waals surface area contributed by atoms with Crippen LogP contribution in [0, 0.1) is 18.4 Å². The Morgan fingerprint density at radius 3 is 2.36 bits per heavy atom. The standard InChI is InChI=1S/C27H39N3O2Si/c1-18(2)33(19(3)4,20(5)6)13-12-22-14-23(11-10-21(22)7)26(31)29-24-15-30-25(28-24)16-32-17-27(30,8)9/h10-11,14-15,18-20H,16-17H2,1-9H3,(H,29,31). The fourth-order valence-corrected chi connectivity index (χ4v) is 10.5. The highest BCUT2D eigenvalue weighted by atomic mass is 28.3. The molecule has 0 atom stereocenters. The third-order valence-corrected chi connectivity index (χ3v) is 13.4. The van der Waals surface area contributed by atoms with Crippen LogP contribution >= 0.6 is 0 Å². The van der Waals surface area contributed by atoms with Crippen LogP contribution in [0.2, 0.25) is 16.6 Å². The number of amides is 1. The third kappa shape index (κ3) is 4.95. The summed E-state index contributed by atoms with van der Waals surface area (Å²) in [5.41, 5.74) is 7.91. The summed E-state index contributed by atoms with van der Waals surface area (Å²) >= 11 is 0. The number of hydrogen-bond acceptors (Lipinski definition) is 3. The van der Waals surface area contributed by atoms with Crippen molar-refractivity contribution in [2.75, 3.05) is 11.9 Å². The lowest BCUT2D eigenvalue weighted by Crippen LogP contribution is -2.43. The molecule has 0 unspecified atom stereocenters. The molecule has 0 saturated carbocycles. The number of ether oxygens (including phenoxy) is 1. The number of aromatic nitrogens is 2. The van der Waals surface area contributed by atoms with E-state index in [9.17, 15) is 4.79 Å².